The second-order valence-corrected chi connectivity index (χ2v) is 11.0. The Morgan fingerprint density at radius 3 is 2.60 bits per heavy atom. The first-order chi connectivity index (χ1) is 19.4. The molecule has 1 heterocycles. The van der Waals surface area contributed by atoms with Crippen molar-refractivity contribution in [1.82, 2.24) is 4.90 Å². The van der Waals surface area contributed by atoms with Crippen molar-refractivity contribution < 1.29 is 19.4 Å². The number of unbranched alkanes of at least 4 members (excludes halogenated alkanes) is 1. The zero-order chi connectivity index (χ0) is 28.5. The van der Waals surface area contributed by atoms with Gasteiger partial charge in [-0.1, -0.05) is 54.9 Å². The smallest absolute Gasteiger partial charge is 0.253 e. The minimum absolute atomic E-state index is 0.0334. The number of methoxy groups -OCH3 is 1. The van der Waals surface area contributed by atoms with Gasteiger partial charge in [0.1, 0.15) is 5.75 Å². The van der Waals surface area contributed by atoms with E-state index in [-0.39, 0.29) is 11.8 Å². The van der Waals surface area contributed by atoms with Gasteiger partial charge in [-0.15, -0.1) is 0 Å². The summed E-state index contributed by atoms with van der Waals surface area (Å²) in [4.78, 5) is 15.3. The molecule has 0 aromatic heterocycles. The molecule has 7 heteroatoms. The molecule has 2 unspecified atom stereocenters. The van der Waals surface area contributed by atoms with Crippen LogP contribution in [0.4, 0.5) is 0 Å². The third-order valence-electron chi connectivity index (χ3n) is 7.94. The van der Waals surface area contributed by atoms with Gasteiger partial charge in [0.2, 0.25) is 0 Å². The van der Waals surface area contributed by atoms with E-state index in [4.69, 9.17) is 26.8 Å². The van der Waals surface area contributed by atoms with Crippen molar-refractivity contribution in [2.24, 2.45) is 11.7 Å². The Bertz CT molecular complexity index is 1270. The van der Waals surface area contributed by atoms with Crippen molar-refractivity contribution in [3.05, 3.63) is 94.0 Å². The average molecular weight is 565 g/mol. The lowest BCUT2D eigenvalue weighted by atomic mass is 9.73. The lowest BCUT2D eigenvalue weighted by Gasteiger charge is -2.43. The van der Waals surface area contributed by atoms with Gasteiger partial charge in [-0.05, 0) is 80.0 Å². The largest absolute Gasteiger partial charge is 0.455 e. The predicted molar refractivity (Wildman–Crippen MR) is 160 cm³/mol. The summed E-state index contributed by atoms with van der Waals surface area (Å²) in [7, 11) is 1.68. The van der Waals surface area contributed by atoms with E-state index < -0.39 is 5.60 Å². The molecule has 1 amide bonds. The fourth-order valence-corrected chi connectivity index (χ4v) is 5.83. The van der Waals surface area contributed by atoms with E-state index in [2.05, 4.69) is 13.0 Å². The Morgan fingerprint density at radius 2 is 1.88 bits per heavy atom. The molecule has 40 heavy (non-hydrogen) atoms. The third kappa shape index (κ3) is 7.05. The number of halogens is 1. The number of hydrogen-bond acceptors (Lipinski definition) is 5. The lowest BCUT2D eigenvalue weighted by Crippen LogP contribution is -2.48. The zero-order valence-electron chi connectivity index (χ0n) is 23.6. The minimum Gasteiger partial charge on any atom is -0.455 e. The molecular weight excluding hydrogens is 524 g/mol. The van der Waals surface area contributed by atoms with Crippen molar-refractivity contribution in [1.29, 1.82) is 0 Å². The Hall–Kier alpha value is -2.90. The van der Waals surface area contributed by atoms with Crippen LogP contribution in [-0.4, -0.2) is 42.7 Å². The number of benzene rings is 3. The van der Waals surface area contributed by atoms with Crippen LogP contribution in [0, 0.1) is 5.92 Å². The van der Waals surface area contributed by atoms with E-state index in [9.17, 15) is 9.90 Å². The summed E-state index contributed by atoms with van der Waals surface area (Å²) in [6.07, 6.45) is 4.54. The number of ether oxygens (including phenoxy) is 2. The first-order valence-corrected chi connectivity index (χ1v) is 14.6. The highest BCUT2D eigenvalue weighted by atomic mass is 35.5. The molecule has 0 bridgehead atoms. The summed E-state index contributed by atoms with van der Waals surface area (Å²) < 4.78 is 11.7. The van der Waals surface area contributed by atoms with Gasteiger partial charge < -0.3 is 25.2 Å². The summed E-state index contributed by atoms with van der Waals surface area (Å²) >= 11 is 6.74. The van der Waals surface area contributed by atoms with Crippen LogP contribution in [0.1, 0.15) is 66.1 Å². The van der Waals surface area contributed by atoms with Crippen molar-refractivity contribution in [3.8, 4) is 11.5 Å². The van der Waals surface area contributed by atoms with E-state index in [0.717, 1.165) is 43.2 Å². The lowest BCUT2D eigenvalue weighted by molar-refractivity contribution is -0.0589. The highest BCUT2D eigenvalue weighted by Gasteiger charge is 2.43. The van der Waals surface area contributed by atoms with Crippen LogP contribution in [0.15, 0.2) is 66.7 Å². The summed E-state index contributed by atoms with van der Waals surface area (Å²) in [5.74, 6) is 0.914. The van der Waals surface area contributed by atoms with Gasteiger partial charge in [0.15, 0.2) is 5.75 Å². The van der Waals surface area contributed by atoms with Gasteiger partial charge in [-0.2, -0.15) is 0 Å². The fourth-order valence-electron chi connectivity index (χ4n) is 5.62. The number of hydrogen-bond donors (Lipinski definition) is 2. The van der Waals surface area contributed by atoms with Gasteiger partial charge in [0.05, 0.1) is 10.6 Å². The number of para-hydroxylation sites is 1. The number of nitrogens with zero attached hydrogens (tertiary/aromatic N) is 1. The number of nitrogens with two attached hydrogens (primary N) is 1. The Morgan fingerprint density at radius 1 is 1.10 bits per heavy atom. The SMILES string of the molecule is CCc1cccc(Oc2c(Cl)cccc2C(O)(CCCCOC)C2CCCN(C(=O)c3ccc(CN)cc3)C2)c1. The molecule has 2 atom stereocenters. The Balaban J connectivity index is 1.67. The molecule has 1 aliphatic rings. The van der Waals surface area contributed by atoms with Gasteiger partial charge >= 0.3 is 0 Å². The van der Waals surface area contributed by atoms with Gasteiger partial charge in [0.25, 0.3) is 5.91 Å². The monoisotopic (exact) mass is 564 g/mol. The van der Waals surface area contributed by atoms with Crippen LogP contribution < -0.4 is 10.5 Å². The topological polar surface area (TPSA) is 85.0 Å². The van der Waals surface area contributed by atoms with Crippen molar-refractivity contribution in [3.63, 3.8) is 0 Å². The average Bonchev–Trinajstić information content (AvgIpc) is 3.00. The number of carbonyl (C=O) groups excluding carboxylic acids is 1. The molecule has 1 fully saturated rings. The maximum atomic E-state index is 13.5. The van der Waals surface area contributed by atoms with Crippen LogP contribution in [0.25, 0.3) is 0 Å². The molecule has 3 aromatic carbocycles. The number of rotatable bonds is 12. The Kier molecular flexibility index (Phi) is 10.6. The third-order valence-corrected chi connectivity index (χ3v) is 8.23. The van der Waals surface area contributed by atoms with Crippen molar-refractivity contribution >= 4 is 17.5 Å². The first kappa shape index (κ1) is 30.1. The summed E-state index contributed by atoms with van der Waals surface area (Å²) in [6, 6.07) is 20.9. The molecule has 0 radical (unpaired) electrons. The number of carbonyl (C=O) groups is 1. The molecule has 214 valence electrons. The maximum Gasteiger partial charge on any atom is 0.253 e. The molecule has 0 aliphatic carbocycles. The van der Waals surface area contributed by atoms with E-state index in [0.29, 0.717) is 60.3 Å². The number of piperidine rings is 1. The van der Waals surface area contributed by atoms with Crippen LogP contribution in [0.3, 0.4) is 0 Å². The molecule has 1 saturated heterocycles. The molecule has 1 aliphatic heterocycles. The summed E-state index contributed by atoms with van der Waals surface area (Å²) in [6.45, 7) is 4.24. The molecular formula is C33H41ClN2O4. The number of likely N-dealkylation sites (tertiary alicyclic amines) is 1. The second-order valence-electron chi connectivity index (χ2n) is 10.6. The van der Waals surface area contributed by atoms with Gasteiger partial charge in [0, 0.05) is 50.4 Å². The molecule has 3 N–H and O–H groups in total. The standard InChI is InChI=1S/C33H41ClN2O4/c1-3-24-9-6-11-28(21-24)40-31-29(12-7-13-30(31)34)33(38,18-4-5-20-39-2)27-10-8-19-36(23-27)32(37)26-16-14-25(22-35)15-17-26/h6-7,9,11-17,21,27,38H,3-5,8,10,18-20,22-23,35H2,1-2H3. The molecule has 6 nitrogen and oxygen atoms in total. The van der Waals surface area contributed by atoms with E-state index in [1.54, 1.807) is 13.2 Å². The Labute approximate surface area is 243 Å². The fraction of sp³-hybridized carbons (Fsp3) is 0.424. The molecule has 3 aromatic rings. The molecule has 4 rings (SSSR count). The summed E-state index contributed by atoms with van der Waals surface area (Å²) in [5.41, 5.74) is 7.91. The van der Waals surface area contributed by atoms with Crippen LogP contribution in [0.2, 0.25) is 5.02 Å². The van der Waals surface area contributed by atoms with Crippen LogP contribution >= 0.6 is 11.6 Å². The zero-order valence-corrected chi connectivity index (χ0v) is 24.3. The molecule has 0 saturated carbocycles. The number of aliphatic hydroxyl groups is 1. The maximum absolute atomic E-state index is 13.5. The van der Waals surface area contributed by atoms with Crippen molar-refractivity contribution in [2.45, 2.75) is 57.6 Å². The van der Waals surface area contributed by atoms with Crippen LogP contribution in [-0.2, 0) is 23.3 Å². The number of aryl methyl sites for hydroxylation is 1. The highest BCUT2D eigenvalue weighted by molar-refractivity contribution is 6.32. The van der Waals surface area contributed by atoms with Gasteiger partial charge in [-0.3, -0.25) is 4.79 Å². The van der Waals surface area contributed by atoms with Crippen molar-refractivity contribution in [2.75, 3.05) is 26.8 Å². The second kappa shape index (κ2) is 14.1. The normalized spacial score (nSPS) is 16.9. The highest BCUT2D eigenvalue weighted by Crippen LogP contribution is 2.47. The van der Waals surface area contributed by atoms with E-state index in [1.165, 1.54) is 0 Å². The van der Waals surface area contributed by atoms with E-state index >= 15 is 0 Å². The minimum atomic E-state index is -1.25. The quantitative estimate of drug-likeness (QED) is 0.239. The number of amides is 1. The van der Waals surface area contributed by atoms with E-state index in [1.807, 2.05) is 59.5 Å². The van der Waals surface area contributed by atoms with Gasteiger partial charge in [-0.25, -0.2) is 0 Å². The first-order valence-electron chi connectivity index (χ1n) is 14.2. The summed E-state index contributed by atoms with van der Waals surface area (Å²) in [5, 5.41) is 13.0. The molecule has 0 spiro atoms. The predicted octanol–water partition coefficient (Wildman–Crippen LogP) is 6.71. The van der Waals surface area contributed by atoms with Crippen LogP contribution in [0.5, 0.6) is 11.5 Å².